The largest absolute Gasteiger partial charge is 0.488 e. The second-order valence-corrected chi connectivity index (χ2v) is 7.68. The van der Waals surface area contributed by atoms with Crippen molar-refractivity contribution in [1.82, 2.24) is 9.47 Å². The molecule has 1 aromatic heterocycles. The van der Waals surface area contributed by atoms with Crippen molar-refractivity contribution in [1.29, 1.82) is 0 Å². The first kappa shape index (κ1) is 18.6. The van der Waals surface area contributed by atoms with Gasteiger partial charge in [0.15, 0.2) is 0 Å². The lowest BCUT2D eigenvalue weighted by molar-refractivity contribution is -0.129. The summed E-state index contributed by atoms with van der Waals surface area (Å²) in [7, 11) is 1.74. The van der Waals surface area contributed by atoms with Crippen LogP contribution < -0.4 is 10.3 Å². The molecule has 3 rings (SSSR count). The van der Waals surface area contributed by atoms with Gasteiger partial charge < -0.3 is 14.2 Å². The first-order chi connectivity index (χ1) is 12.5. The Morgan fingerprint density at radius 3 is 2.77 bits per heavy atom. The molecule has 1 atom stereocenters. The van der Waals surface area contributed by atoms with Gasteiger partial charge in [-0.15, -0.1) is 11.8 Å². The summed E-state index contributed by atoms with van der Waals surface area (Å²) in [5, 5.41) is 0. The molecule has 0 aliphatic carbocycles. The molecule has 1 saturated heterocycles. The molecule has 1 aromatic carbocycles. The number of hydrogen-bond donors (Lipinski definition) is 0. The van der Waals surface area contributed by atoms with Crippen molar-refractivity contribution < 1.29 is 9.53 Å². The Balaban J connectivity index is 1.47. The number of carbonyl (C=O) groups is 1. The number of aromatic nitrogens is 1. The van der Waals surface area contributed by atoms with Gasteiger partial charge in [-0.2, -0.15) is 0 Å². The minimum atomic E-state index is -0.0798. The SMILES string of the molecule is Cc1cc(OC2CCN(C(=O)CCSc3ccccc3)C2)cc(=O)n1C. The van der Waals surface area contributed by atoms with Crippen LogP contribution in [0.2, 0.25) is 0 Å². The number of thioether (sulfide) groups is 1. The lowest BCUT2D eigenvalue weighted by atomic mass is 10.3. The van der Waals surface area contributed by atoms with Gasteiger partial charge in [0.05, 0.1) is 6.54 Å². The quantitative estimate of drug-likeness (QED) is 0.732. The molecule has 2 aromatic rings. The van der Waals surface area contributed by atoms with Crippen LogP contribution in [0.3, 0.4) is 0 Å². The fraction of sp³-hybridized carbons (Fsp3) is 0.400. The summed E-state index contributed by atoms with van der Waals surface area (Å²) in [4.78, 5) is 27.3. The number of aryl methyl sites for hydroxylation is 1. The lowest BCUT2D eigenvalue weighted by Gasteiger charge is -2.17. The van der Waals surface area contributed by atoms with Gasteiger partial charge in [-0.3, -0.25) is 9.59 Å². The second kappa shape index (κ2) is 8.45. The van der Waals surface area contributed by atoms with Gasteiger partial charge in [0.2, 0.25) is 5.91 Å². The molecule has 6 heteroatoms. The normalized spacial score (nSPS) is 16.7. The van der Waals surface area contributed by atoms with Crippen LogP contribution in [0.4, 0.5) is 0 Å². The third kappa shape index (κ3) is 4.69. The molecule has 1 aliphatic rings. The zero-order valence-corrected chi connectivity index (χ0v) is 16.0. The van der Waals surface area contributed by atoms with Gasteiger partial charge in [-0.05, 0) is 25.1 Å². The van der Waals surface area contributed by atoms with E-state index in [1.807, 2.05) is 36.1 Å². The van der Waals surface area contributed by atoms with Crippen LogP contribution >= 0.6 is 11.8 Å². The predicted molar refractivity (Wildman–Crippen MR) is 104 cm³/mol. The number of carbonyl (C=O) groups excluding carboxylic acids is 1. The zero-order valence-electron chi connectivity index (χ0n) is 15.2. The molecule has 138 valence electrons. The molecule has 0 bridgehead atoms. The summed E-state index contributed by atoms with van der Waals surface area (Å²) in [6.07, 6.45) is 1.27. The standard InChI is InChI=1S/C20H24N2O3S/c1-15-12-17(13-20(24)21(15)2)25-16-8-10-22(14-16)19(23)9-11-26-18-6-4-3-5-7-18/h3-7,12-13,16H,8-11,14H2,1-2H3. The molecule has 1 aliphatic heterocycles. The summed E-state index contributed by atoms with van der Waals surface area (Å²) in [6.45, 7) is 3.18. The third-order valence-electron chi connectivity index (χ3n) is 4.60. The molecule has 1 unspecified atom stereocenters. The van der Waals surface area contributed by atoms with Crippen LogP contribution in [-0.4, -0.2) is 40.3 Å². The van der Waals surface area contributed by atoms with E-state index in [4.69, 9.17) is 4.74 Å². The molecular formula is C20H24N2O3S. The number of nitrogens with zero attached hydrogens (tertiary/aromatic N) is 2. The van der Waals surface area contributed by atoms with Crippen LogP contribution in [0.15, 0.2) is 52.2 Å². The number of likely N-dealkylation sites (tertiary alicyclic amines) is 1. The van der Waals surface area contributed by atoms with Gasteiger partial charge >= 0.3 is 0 Å². The van der Waals surface area contributed by atoms with Gasteiger partial charge in [-0.1, -0.05) is 18.2 Å². The minimum Gasteiger partial charge on any atom is -0.488 e. The van der Waals surface area contributed by atoms with Crippen molar-refractivity contribution in [2.45, 2.75) is 30.8 Å². The van der Waals surface area contributed by atoms with Gasteiger partial charge in [0.1, 0.15) is 11.9 Å². The number of rotatable bonds is 6. The fourth-order valence-corrected chi connectivity index (χ4v) is 3.84. The molecule has 0 radical (unpaired) electrons. The van der Waals surface area contributed by atoms with Crippen LogP contribution in [0, 0.1) is 6.92 Å². The zero-order chi connectivity index (χ0) is 18.5. The van der Waals surface area contributed by atoms with Crippen molar-refractivity contribution >= 4 is 17.7 Å². The second-order valence-electron chi connectivity index (χ2n) is 6.51. The van der Waals surface area contributed by atoms with Crippen molar-refractivity contribution in [3.8, 4) is 5.75 Å². The average Bonchev–Trinajstić information content (AvgIpc) is 3.09. The Labute approximate surface area is 158 Å². The van der Waals surface area contributed by atoms with E-state index in [9.17, 15) is 9.59 Å². The predicted octanol–water partition coefficient (Wildman–Crippen LogP) is 2.86. The summed E-state index contributed by atoms with van der Waals surface area (Å²) < 4.78 is 7.52. The average molecular weight is 372 g/mol. The molecular weight excluding hydrogens is 348 g/mol. The first-order valence-corrected chi connectivity index (χ1v) is 9.81. The van der Waals surface area contributed by atoms with Crippen molar-refractivity contribution in [3.05, 3.63) is 58.5 Å². The van der Waals surface area contributed by atoms with Crippen LogP contribution in [0.5, 0.6) is 5.75 Å². The van der Waals surface area contributed by atoms with Crippen LogP contribution in [-0.2, 0) is 11.8 Å². The monoisotopic (exact) mass is 372 g/mol. The number of hydrogen-bond acceptors (Lipinski definition) is 4. The highest BCUT2D eigenvalue weighted by Crippen LogP contribution is 2.21. The van der Waals surface area contributed by atoms with E-state index < -0.39 is 0 Å². The molecule has 1 amide bonds. The maximum Gasteiger partial charge on any atom is 0.254 e. The minimum absolute atomic E-state index is 0.0489. The van der Waals surface area contributed by atoms with Gasteiger partial charge in [0, 0.05) is 48.8 Å². The molecule has 2 heterocycles. The molecule has 0 saturated carbocycles. The van der Waals surface area contributed by atoms with Crippen molar-refractivity contribution in [3.63, 3.8) is 0 Å². The van der Waals surface area contributed by atoms with E-state index in [0.29, 0.717) is 25.3 Å². The molecule has 0 N–H and O–H groups in total. The Bertz CT molecular complexity index is 820. The summed E-state index contributed by atoms with van der Waals surface area (Å²) in [6, 6.07) is 13.5. The smallest absolute Gasteiger partial charge is 0.254 e. The Hall–Kier alpha value is -2.21. The molecule has 5 nitrogen and oxygen atoms in total. The van der Waals surface area contributed by atoms with Crippen molar-refractivity contribution in [2.24, 2.45) is 7.05 Å². The maximum absolute atomic E-state index is 12.4. The summed E-state index contributed by atoms with van der Waals surface area (Å²) in [5.41, 5.74) is 0.778. The Kier molecular flexibility index (Phi) is 6.04. The number of amides is 1. The highest BCUT2D eigenvalue weighted by molar-refractivity contribution is 7.99. The highest BCUT2D eigenvalue weighted by Gasteiger charge is 2.27. The van der Waals surface area contributed by atoms with E-state index >= 15 is 0 Å². The van der Waals surface area contributed by atoms with E-state index in [0.717, 1.165) is 17.9 Å². The van der Waals surface area contributed by atoms with E-state index in [1.54, 1.807) is 23.4 Å². The van der Waals surface area contributed by atoms with Crippen LogP contribution in [0.1, 0.15) is 18.5 Å². The Morgan fingerprint density at radius 2 is 2.04 bits per heavy atom. The Morgan fingerprint density at radius 1 is 1.27 bits per heavy atom. The third-order valence-corrected chi connectivity index (χ3v) is 5.62. The van der Waals surface area contributed by atoms with E-state index in [1.165, 1.54) is 11.0 Å². The maximum atomic E-state index is 12.4. The van der Waals surface area contributed by atoms with E-state index in [-0.39, 0.29) is 17.6 Å². The van der Waals surface area contributed by atoms with Gasteiger partial charge in [-0.25, -0.2) is 0 Å². The molecule has 1 fully saturated rings. The number of ether oxygens (including phenoxy) is 1. The van der Waals surface area contributed by atoms with E-state index in [2.05, 4.69) is 12.1 Å². The first-order valence-electron chi connectivity index (χ1n) is 8.83. The lowest BCUT2D eigenvalue weighted by Crippen LogP contribution is -2.31. The number of benzene rings is 1. The van der Waals surface area contributed by atoms with Crippen LogP contribution in [0.25, 0.3) is 0 Å². The molecule has 26 heavy (non-hydrogen) atoms. The number of pyridine rings is 1. The fourth-order valence-electron chi connectivity index (χ4n) is 2.98. The van der Waals surface area contributed by atoms with Crippen molar-refractivity contribution in [2.75, 3.05) is 18.8 Å². The highest BCUT2D eigenvalue weighted by atomic mass is 32.2. The topological polar surface area (TPSA) is 51.5 Å². The van der Waals surface area contributed by atoms with Gasteiger partial charge in [0.25, 0.3) is 5.56 Å². The molecule has 0 spiro atoms. The summed E-state index contributed by atoms with van der Waals surface area (Å²) >= 11 is 1.70. The summed E-state index contributed by atoms with van der Waals surface area (Å²) in [5.74, 6) is 1.53.